The third-order valence-corrected chi connectivity index (χ3v) is 5.93. The first kappa shape index (κ1) is 22.2. The number of nitriles is 1. The van der Waals surface area contributed by atoms with Crippen molar-refractivity contribution in [3.05, 3.63) is 88.5 Å². The quantitative estimate of drug-likeness (QED) is 0.544. The third kappa shape index (κ3) is 3.87. The average molecular weight is 452 g/mol. The summed E-state index contributed by atoms with van der Waals surface area (Å²) >= 11 is 0. The van der Waals surface area contributed by atoms with E-state index in [-0.39, 0.29) is 30.0 Å². The molecular formula is C25H19F3N2O3. The van der Waals surface area contributed by atoms with Crippen LogP contribution < -0.4 is 9.64 Å². The lowest BCUT2D eigenvalue weighted by molar-refractivity contribution is -0.138. The Morgan fingerprint density at radius 3 is 2.55 bits per heavy atom. The minimum Gasteiger partial charge on any atom is -0.506 e. The van der Waals surface area contributed by atoms with Crippen LogP contribution in [-0.4, -0.2) is 18.1 Å². The molecule has 33 heavy (non-hydrogen) atoms. The number of carbonyl (C=O) groups excluding carboxylic acids is 1. The Balaban J connectivity index is 1.80. The van der Waals surface area contributed by atoms with Crippen molar-refractivity contribution in [3.63, 3.8) is 0 Å². The van der Waals surface area contributed by atoms with Crippen molar-refractivity contribution in [3.8, 4) is 17.6 Å². The van der Waals surface area contributed by atoms with Crippen molar-refractivity contribution in [1.29, 1.82) is 5.26 Å². The van der Waals surface area contributed by atoms with Gasteiger partial charge in [0.05, 0.1) is 23.1 Å². The zero-order valence-electron chi connectivity index (χ0n) is 17.6. The molecule has 168 valence electrons. The number of carbonyl (C=O) groups is 1. The zero-order chi connectivity index (χ0) is 23.8. The highest BCUT2D eigenvalue weighted by molar-refractivity contribution is 5.79. The molecule has 8 heteroatoms. The smallest absolute Gasteiger partial charge is 0.416 e. The van der Waals surface area contributed by atoms with E-state index in [4.69, 9.17) is 4.74 Å². The molecule has 0 saturated heterocycles. The number of aromatic hydroxyl groups is 1. The third-order valence-electron chi connectivity index (χ3n) is 5.93. The second-order valence-corrected chi connectivity index (χ2v) is 8.00. The fourth-order valence-corrected chi connectivity index (χ4v) is 4.22. The summed E-state index contributed by atoms with van der Waals surface area (Å²) in [5, 5.41) is 19.3. The van der Waals surface area contributed by atoms with Crippen LogP contribution >= 0.6 is 0 Å². The van der Waals surface area contributed by atoms with Gasteiger partial charge >= 0.3 is 6.18 Å². The van der Waals surface area contributed by atoms with Gasteiger partial charge in [0.1, 0.15) is 24.2 Å². The van der Waals surface area contributed by atoms with Gasteiger partial charge in [-0.15, -0.1) is 0 Å². The maximum absolute atomic E-state index is 13.5. The van der Waals surface area contributed by atoms with Crippen molar-refractivity contribution >= 4 is 12.1 Å². The van der Waals surface area contributed by atoms with Gasteiger partial charge in [-0.25, -0.2) is 0 Å². The van der Waals surface area contributed by atoms with E-state index < -0.39 is 17.2 Å². The van der Waals surface area contributed by atoms with Gasteiger partial charge in [0, 0.05) is 17.3 Å². The molecular weight excluding hydrogens is 433 g/mol. The van der Waals surface area contributed by atoms with Gasteiger partial charge in [0.25, 0.3) is 0 Å². The molecule has 1 heterocycles. The Kier molecular flexibility index (Phi) is 5.50. The second-order valence-electron chi connectivity index (χ2n) is 8.00. The second kappa shape index (κ2) is 8.17. The van der Waals surface area contributed by atoms with E-state index in [1.54, 1.807) is 30.3 Å². The number of nitrogens with zero attached hydrogens (tertiary/aromatic N) is 2. The number of hydrogen-bond donors (Lipinski definition) is 1. The number of phenols is 1. The van der Waals surface area contributed by atoms with Crippen LogP contribution in [0.4, 0.5) is 18.9 Å². The maximum atomic E-state index is 13.5. The summed E-state index contributed by atoms with van der Waals surface area (Å²) in [5.41, 5.74) is 0.155. The number of amides is 1. The summed E-state index contributed by atoms with van der Waals surface area (Å²) in [7, 11) is 0. The molecule has 0 saturated carbocycles. The van der Waals surface area contributed by atoms with E-state index in [0.29, 0.717) is 29.0 Å². The van der Waals surface area contributed by atoms with E-state index in [2.05, 4.69) is 0 Å². The van der Waals surface area contributed by atoms with Crippen molar-refractivity contribution in [2.75, 3.05) is 11.5 Å². The van der Waals surface area contributed by atoms with Crippen molar-refractivity contribution in [2.24, 2.45) is 0 Å². The number of benzene rings is 3. The van der Waals surface area contributed by atoms with Crippen molar-refractivity contribution < 1.29 is 27.8 Å². The van der Waals surface area contributed by atoms with Gasteiger partial charge in [0.2, 0.25) is 6.41 Å². The van der Waals surface area contributed by atoms with Gasteiger partial charge in [-0.2, -0.15) is 18.4 Å². The molecule has 1 aliphatic heterocycles. The number of hydrogen-bond acceptors (Lipinski definition) is 4. The molecule has 4 rings (SSSR count). The normalized spacial score (nSPS) is 17.1. The van der Waals surface area contributed by atoms with Gasteiger partial charge in [-0.3, -0.25) is 4.79 Å². The number of halogens is 3. The highest BCUT2D eigenvalue weighted by Crippen LogP contribution is 2.48. The number of para-hydroxylation sites is 1. The predicted octanol–water partition coefficient (Wildman–Crippen LogP) is 5.14. The van der Waals surface area contributed by atoms with Crippen LogP contribution in [0.5, 0.6) is 11.5 Å². The Morgan fingerprint density at radius 1 is 1.15 bits per heavy atom. The predicted molar refractivity (Wildman–Crippen MR) is 115 cm³/mol. The highest BCUT2D eigenvalue weighted by Gasteiger charge is 2.41. The monoisotopic (exact) mass is 452 g/mol. The fourth-order valence-electron chi connectivity index (χ4n) is 4.22. The molecule has 3 aromatic carbocycles. The molecule has 1 N–H and O–H groups in total. The highest BCUT2D eigenvalue weighted by atomic mass is 19.4. The number of anilines is 1. The summed E-state index contributed by atoms with van der Waals surface area (Å²) in [6.45, 7) is 1.75. The van der Waals surface area contributed by atoms with Crippen LogP contribution in [0.2, 0.25) is 0 Å². The van der Waals surface area contributed by atoms with Gasteiger partial charge in [-0.05, 0) is 36.2 Å². The Bertz CT molecular complexity index is 1270. The zero-order valence-corrected chi connectivity index (χ0v) is 17.6. The van der Waals surface area contributed by atoms with Gasteiger partial charge in [0.15, 0.2) is 0 Å². The Labute approximate surface area is 188 Å². The maximum Gasteiger partial charge on any atom is 0.416 e. The van der Waals surface area contributed by atoms with E-state index in [1.807, 2.05) is 13.0 Å². The summed E-state index contributed by atoms with van der Waals surface area (Å²) in [6.07, 6.45) is -4.05. The molecule has 0 aliphatic carbocycles. The molecule has 1 aliphatic rings. The molecule has 1 amide bonds. The molecule has 0 aromatic heterocycles. The molecule has 1 unspecified atom stereocenters. The van der Waals surface area contributed by atoms with Crippen molar-refractivity contribution in [1.82, 2.24) is 0 Å². The van der Waals surface area contributed by atoms with Crippen LogP contribution in [-0.2, 0) is 22.9 Å². The Morgan fingerprint density at radius 2 is 1.85 bits per heavy atom. The van der Waals surface area contributed by atoms with Crippen LogP contribution in [0, 0.1) is 11.3 Å². The number of phenolic OH excluding ortho intramolecular Hbond substituents is 1. The average Bonchev–Trinajstić information content (AvgIpc) is 3.12. The van der Waals surface area contributed by atoms with Crippen LogP contribution in [0.25, 0.3) is 0 Å². The van der Waals surface area contributed by atoms with Gasteiger partial charge in [-0.1, -0.05) is 36.4 Å². The lowest BCUT2D eigenvalue weighted by Gasteiger charge is -2.30. The summed E-state index contributed by atoms with van der Waals surface area (Å²) < 4.78 is 46.2. The first-order chi connectivity index (χ1) is 15.7. The van der Waals surface area contributed by atoms with E-state index in [0.717, 1.165) is 6.07 Å². The molecule has 5 nitrogen and oxygen atoms in total. The van der Waals surface area contributed by atoms with E-state index in [9.17, 15) is 28.3 Å². The van der Waals surface area contributed by atoms with Crippen LogP contribution in [0.15, 0.2) is 60.7 Å². The lowest BCUT2D eigenvalue weighted by atomic mass is 9.76. The van der Waals surface area contributed by atoms with Crippen molar-refractivity contribution in [2.45, 2.75) is 25.1 Å². The molecule has 0 spiro atoms. The molecule has 3 aromatic rings. The number of rotatable bonds is 5. The summed E-state index contributed by atoms with van der Waals surface area (Å²) in [4.78, 5) is 13.3. The number of ether oxygens (including phenoxy) is 1. The first-order valence-electron chi connectivity index (χ1n) is 10.1. The number of fused-ring (bicyclic) bond motifs is 1. The first-order valence-corrected chi connectivity index (χ1v) is 10.1. The summed E-state index contributed by atoms with van der Waals surface area (Å²) in [5.74, 6) is 0.205. The molecule has 1 atom stereocenters. The topological polar surface area (TPSA) is 73.6 Å². The van der Waals surface area contributed by atoms with E-state index in [1.165, 1.54) is 29.2 Å². The SMILES string of the molecule is CC1(c2ccccc2N(C=O)Cc2ccccc2C(F)(F)F)COc2cc(O)c(C#N)cc21. The molecule has 0 radical (unpaired) electrons. The number of alkyl halides is 3. The lowest BCUT2D eigenvalue weighted by Crippen LogP contribution is -2.31. The van der Waals surface area contributed by atoms with Crippen LogP contribution in [0.1, 0.15) is 34.7 Å². The van der Waals surface area contributed by atoms with Gasteiger partial charge < -0.3 is 14.7 Å². The molecule has 0 fully saturated rings. The Hall–Kier alpha value is -3.99. The van der Waals surface area contributed by atoms with Crippen LogP contribution in [0.3, 0.4) is 0 Å². The summed E-state index contributed by atoms with van der Waals surface area (Å²) in [6, 6.07) is 16.9. The molecule has 0 bridgehead atoms. The fraction of sp³-hybridized carbons (Fsp3) is 0.200. The largest absolute Gasteiger partial charge is 0.506 e. The minimum atomic E-state index is -4.55. The standard InChI is InChI=1S/C25H19F3N2O3/c1-24(14-33-23-11-22(32)17(12-29)10-20(23)24)19-8-4-5-9-21(19)30(15-31)13-16-6-2-3-7-18(16)25(26,27)28/h2-11,15,32H,13-14H2,1H3. The van der Waals surface area contributed by atoms with E-state index >= 15 is 0 Å². The minimum absolute atomic E-state index is 0.0307.